The number of carbonyl (C=O) groups excluding carboxylic acids is 1. The summed E-state index contributed by atoms with van der Waals surface area (Å²) in [6, 6.07) is 6.78. The second-order valence-electron chi connectivity index (χ2n) is 6.29. The first kappa shape index (κ1) is 18.2. The standard InChI is InChI=1S/C18H27FN4O/c1-20-18(23(2)13-14-7-6-8-15(19)11-14)21-12-17(24)22-16-9-4-3-5-10-16/h6-8,11,16H,3-5,9-10,12-13H2,1-2H3,(H,20,21)(H,22,24). The third-order valence-electron chi connectivity index (χ3n) is 4.26. The molecule has 0 saturated heterocycles. The fourth-order valence-corrected chi connectivity index (χ4v) is 3.05. The Kier molecular flexibility index (Phi) is 7.03. The molecule has 0 aliphatic heterocycles. The van der Waals surface area contributed by atoms with Gasteiger partial charge in [0.15, 0.2) is 5.96 Å². The Labute approximate surface area is 143 Å². The molecule has 0 atom stereocenters. The molecule has 1 aliphatic carbocycles. The number of halogens is 1. The molecule has 1 saturated carbocycles. The fourth-order valence-electron chi connectivity index (χ4n) is 3.05. The van der Waals surface area contributed by atoms with Gasteiger partial charge in [0.25, 0.3) is 0 Å². The van der Waals surface area contributed by atoms with E-state index in [2.05, 4.69) is 15.6 Å². The quantitative estimate of drug-likeness (QED) is 0.642. The average Bonchev–Trinajstić information content (AvgIpc) is 2.56. The van der Waals surface area contributed by atoms with Gasteiger partial charge in [-0.05, 0) is 30.5 Å². The Hall–Kier alpha value is -2.11. The number of rotatable bonds is 5. The van der Waals surface area contributed by atoms with Gasteiger partial charge in [0.2, 0.25) is 5.91 Å². The van der Waals surface area contributed by atoms with Crippen LogP contribution in [0.5, 0.6) is 0 Å². The van der Waals surface area contributed by atoms with Gasteiger partial charge in [-0.2, -0.15) is 0 Å². The van der Waals surface area contributed by atoms with E-state index in [0.717, 1.165) is 18.4 Å². The van der Waals surface area contributed by atoms with Crippen molar-refractivity contribution in [3.8, 4) is 0 Å². The van der Waals surface area contributed by atoms with Crippen LogP contribution in [-0.2, 0) is 11.3 Å². The summed E-state index contributed by atoms with van der Waals surface area (Å²) in [5.74, 6) is 0.343. The lowest BCUT2D eigenvalue weighted by molar-refractivity contribution is -0.120. The SMILES string of the molecule is CN=C(NCC(=O)NC1CCCCC1)N(C)Cc1cccc(F)c1. The van der Waals surface area contributed by atoms with Crippen molar-refractivity contribution >= 4 is 11.9 Å². The van der Waals surface area contributed by atoms with Crippen molar-refractivity contribution in [1.29, 1.82) is 0 Å². The van der Waals surface area contributed by atoms with Crippen molar-refractivity contribution in [2.45, 2.75) is 44.7 Å². The van der Waals surface area contributed by atoms with E-state index in [1.807, 2.05) is 18.0 Å². The number of carbonyl (C=O) groups is 1. The van der Waals surface area contributed by atoms with Gasteiger partial charge in [-0.3, -0.25) is 9.79 Å². The normalized spacial score (nSPS) is 15.9. The van der Waals surface area contributed by atoms with Crippen molar-refractivity contribution in [2.75, 3.05) is 20.6 Å². The highest BCUT2D eigenvalue weighted by Gasteiger charge is 2.16. The Morgan fingerprint density at radius 2 is 2.08 bits per heavy atom. The number of amides is 1. The molecule has 24 heavy (non-hydrogen) atoms. The van der Waals surface area contributed by atoms with Crippen LogP contribution < -0.4 is 10.6 Å². The average molecular weight is 334 g/mol. The zero-order valence-electron chi connectivity index (χ0n) is 14.5. The third-order valence-corrected chi connectivity index (χ3v) is 4.26. The van der Waals surface area contributed by atoms with Crippen LogP contribution in [-0.4, -0.2) is 43.4 Å². The van der Waals surface area contributed by atoms with E-state index in [-0.39, 0.29) is 18.3 Å². The Morgan fingerprint density at radius 3 is 2.75 bits per heavy atom. The molecule has 0 radical (unpaired) electrons. The molecule has 2 N–H and O–H groups in total. The third kappa shape index (κ3) is 5.83. The molecule has 0 spiro atoms. The largest absolute Gasteiger partial charge is 0.352 e. The van der Waals surface area contributed by atoms with Crippen LogP contribution in [0, 0.1) is 5.82 Å². The number of benzene rings is 1. The molecule has 5 nitrogen and oxygen atoms in total. The van der Waals surface area contributed by atoms with Gasteiger partial charge in [0, 0.05) is 26.7 Å². The van der Waals surface area contributed by atoms with Gasteiger partial charge in [0.05, 0.1) is 6.54 Å². The monoisotopic (exact) mass is 334 g/mol. The van der Waals surface area contributed by atoms with Crippen molar-refractivity contribution in [3.63, 3.8) is 0 Å². The first-order valence-electron chi connectivity index (χ1n) is 8.54. The molecule has 1 aromatic carbocycles. The highest BCUT2D eigenvalue weighted by atomic mass is 19.1. The number of hydrogen-bond acceptors (Lipinski definition) is 2. The van der Waals surface area contributed by atoms with Gasteiger partial charge < -0.3 is 15.5 Å². The summed E-state index contributed by atoms with van der Waals surface area (Å²) in [7, 11) is 3.53. The van der Waals surface area contributed by atoms with E-state index in [9.17, 15) is 9.18 Å². The van der Waals surface area contributed by atoms with Crippen molar-refractivity contribution in [1.82, 2.24) is 15.5 Å². The zero-order valence-corrected chi connectivity index (χ0v) is 14.5. The molecule has 132 valence electrons. The van der Waals surface area contributed by atoms with Gasteiger partial charge in [-0.15, -0.1) is 0 Å². The Morgan fingerprint density at radius 1 is 1.33 bits per heavy atom. The number of guanidine groups is 1. The predicted molar refractivity (Wildman–Crippen MR) is 94.2 cm³/mol. The van der Waals surface area contributed by atoms with Crippen LogP contribution in [0.3, 0.4) is 0 Å². The second kappa shape index (κ2) is 9.25. The summed E-state index contributed by atoms with van der Waals surface area (Å²) in [6.07, 6.45) is 5.79. The van der Waals surface area contributed by atoms with Crippen LogP contribution in [0.2, 0.25) is 0 Å². The van der Waals surface area contributed by atoms with Crippen LogP contribution in [0.15, 0.2) is 29.3 Å². The summed E-state index contributed by atoms with van der Waals surface area (Å²) < 4.78 is 13.3. The molecule has 1 amide bonds. The molecule has 0 bridgehead atoms. The van der Waals surface area contributed by atoms with E-state index in [4.69, 9.17) is 0 Å². The fraction of sp³-hybridized carbons (Fsp3) is 0.556. The molecule has 1 aliphatic rings. The van der Waals surface area contributed by atoms with E-state index in [1.54, 1.807) is 13.1 Å². The molecule has 0 heterocycles. The topological polar surface area (TPSA) is 56.7 Å². The summed E-state index contributed by atoms with van der Waals surface area (Å²) in [5, 5.41) is 6.13. The number of nitrogens with zero attached hydrogens (tertiary/aromatic N) is 2. The molecule has 1 fully saturated rings. The lowest BCUT2D eigenvalue weighted by atomic mass is 9.95. The molecule has 1 aromatic rings. The maximum atomic E-state index is 13.3. The minimum atomic E-state index is -0.254. The predicted octanol–water partition coefficient (Wildman–Crippen LogP) is 2.28. The second-order valence-corrected chi connectivity index (χ2v) is 6.29. The minimum Gasteiger partial charge on any atom is -0.352 e. The van der Waals surface area contributed by atoms with E-state index >= 15 is 0 Å². The van der Waals surface area contributed by atoms with Crippen molar-refractivity contribution in [3.05, 3.63) is 35.6 Å². The van der Waals surface area contributed by atoms with Crippen LogP contribution in [0.1, 0.15) is 37.7 Å². The molecular weight excluding hydrogens is 307 g/mol. The maximum absolute atomic E-state index is 13.3. The lowest BCUT2D eigenvalue weighted by Gasteiger charge is -2.24. The Bertz CT molecular complexity index is 570. The van der Waals surface area contributed by atoms with E-state index in [0.29, 0.717) is 18.5 Å². The minimum absolute atomic E-state index is 0.0118. The van der Waals surface area contributed by atoms with Crippen LogP contribution in [0.4, 0.5) is 4.39 Å². The van der Waals surface area contributed by atoms with Gasteiger partial charge in [0.1, 0.15) is 5.82 Å². The highest BCUT2D eigenvalue weighted by Crippen LogP contribution is 2.17. The Balaban J connectivity index is 1.79. The summed E-state index contributed by atoms with van der Waals surface area (Å²) >= 11 is 0. The van der Waals surface area contributed by atoms with Gasteiger partial charge in [-0.1, -0.05) is 31.4 Å². The summed E-state index contributed by atoms with van der Waals surface area (Å²) in [5.41, 5.74) is 0.854. The summed E-state index contributed by atoms with van der Waals surface area (Å²) in [6.45, 7) is 0.707. The first-order chi connectivity index (χ1) is 11.6. The van der Waals surface area contributed by atoms with E-state index in [1.165, 1.54) is 31.4 Å². The molecule has 0 aromatic heterocycles. The molecule has 6 heteroatoms. The number of hydrogen-bond donors (Lipinski definition) is 2. The number of aliphatic imine (C=N–C) groups is 1. The zero-order chi connectivity index (χ0) is 17.4. The first-order valence-corrected chi connectivity index (χ1v) is 8.54. The molecule has 0 unspecified atom stereocenters. The maximum Gasteiger partial charge on any atom is 0.239 e. The highest BCUT2D eigenvalue weighted by molar-refractivity contribution is 5.86. The van der Waals surface area contributed by atoms with Crippen LogP contribution in [0.25, 0.3) is 0 Å². The molecular formula is C18H27FN4O. The van der Waals surface area contributed by atoms with Crippen molar-refractivity contribution in [2.24, 2.45) is 4.99 Å². The lowest BCUT2D eigenvalue weighted by Crippen LogP contribution is -2.46. The molecule has 2 rings (SSSR count). The van der Waals surface area contributed by atoms with Gasteiger partial charge in [-0.25, -0.2) is 4.39 Å². The number of nitrogens with one attached hydrogen (secondary N) is 2. The summed E-state index contributed by atoms with van der Waals surface area (Å²) in [4.78, 5) is 18.1. The smallest absolute Gasteiger partial charge is 0.239 e. The van der Waals surface area contributed by atoms with Crippen molar-refractivity contribution < 1.29 is 9.18 Å². The van der Waals surface area contributed by atoms with Gasteiger partial charge >= 0.3 is 0 Å². The van der Waals surface area contributed by atoms with Crippen LogP contribution >= 0.6 is 0 Å². The van der Waals surface area contributed by atoms with E-state index < -0.39 is 0 Å².